The van der Waals surface area contributed by atoms with E-state index >= 15 is 0 Å². The summed E-state index contributed by atoms with van der Waals surface area (Å²) in [6.07, 6.45) is 0. The van der Waals surface area contributed by atoms with Crippen molar-refractivity contribution in [3.8, 4) is 78.9 Å². The molecule has 0 unspecified atom stereocenters. The van der Waals surface area contributed by atoms with Crippen molar-refractivity contribution in [2.75, 3.05) is 0 Å². The molecule has 0 saturated heterocycles. The molecule has 5 heteroatoms. The van der Waals surface area contributed by atoms with Crippen LogP contribution in [0.5, 0.6) is 0 Å². The molecule has 0 aliphatic carbocycles. The Morgan fingerprint density at radius 1 is 0.235 bits per heavy atom. The predicted octanol–water partition coefficient (Wildman–Crippen LogP) is 16.1. The van der Waals surface area contributed by atoms with E-state index < -0.39 is 0 Å². The molecule has 0 saturated carbocycles. The molecule has 0 bridgehead atoms. The first kappa shape index (κ1) is 39.2. The summed E-state index contributed by atoms with van der Waals surface area (Å²) in [6.45, 7) is 0. The number of hydrogen-bond acceptors (Lipinski definition) is 3. The molecule has 0 radical (unpaired) electrons. The van der Waals surface area contributed by atoms with Gasteiger partial charge in [-0.2, -0.15) is 0 Å². The van der Waals surface area contributed by atoms with E-state index in [1.165, 1.54) is 27.1 Å². The lowest BCUT2D eigenvalue weighted by Crippen LogP contribution is -2.04. The number of aromatic nitrogens is 5. The molecule has 0 N–H and O–H groups in total. The van der Waals surface area contributed by atoms with Crippen molar-refractivity contribution < 1.29 is 0 Å². The quantitative estimate of drug-likeness (QED) is 0.153. The average Bonchev–Trinajstić information content (AvgIpc) is 3.93. The van der Waals surface area contributed by atoms with Gasteiger partial charge in [0.15, 0.2) is 17.5 Å². The minimum atomic E-state index is 0.588. The van der Waals surface area contributed by atoms with Crippen LogP contribution in [0.1, 0.15) is 0 Å². The van der Waals surface area contributed by atoms with Crippen LogP contribution in [-0.2, 0) is 0 Å². The first-order chi connectivity index (χ1) is 33.7. The van der Waals surface area contributed by atoms with E-state index in [9.17, 15) is 0 Å². The van der Waals surface area contributed by atoms with Gasteiger partial charge in [0.25, 0.3) is 0 Å². The lowest BCUT2D eigenvalue weighted by atomic mass is 9.99. The number of benzene rings is 10. The number of fused-ring (bicyclic) bond motifs is 6. The molecule has 0 atom stereocenters. The lowest BCUT2D eigenvalue weighted by molar-refractivity contribution is 1.06. The fourth-order valence-corrected chi connectivity index (χ4v) is 9.92. The van der Waals surface area contributed by atoms with Gasteiger partial charge < -0.3 is 9.13 Å². The second-order valence-corrected chi connectivity index (χ2v) is 17.2. The highest BCUT2D eigenvalue weighted by molar-refractivity contribution is 6.12. The fourth-order valence-electron chi connectivity index (χ4n) is 9.92. The van der Waals surface area contributed by atoms with Crippen LogP contribution >= 0.6 is 0 Å². The molecule has 3 heterocycles. The number of rotatable bonds is 8. The van der Waals surface area contributed by atoms with Crippen LogP contribution in [0.15, 0.2) is 249 Å². The third-order valence-corrected chi connectivity index (χ3v) is 13.2. The molecule has 318 valence electrons. The first-order valence-electron chi connectivity index (χ1n) is 23.0. The topological polar surface area (TPSA) is 48.5 Å². The summed E-state index contributed by atoms with van der Waals surface area (Å²) >= 11 is 0. The average molecular weight is 868 g/mol. The van der Waals surface area contributed by atoms with Crippen LogP contribution in [0.25, 0.3) is 123 Å². The largest absolute Gasteiger partial charge is 0.309 e. The van der Waals surface area contributed by atoms with Gasteiger partial charge in [-0.1, -0.05) is 194 Å². The maximum absolute atomic E-state index is 5.38. The van der Waals surface area contributed by atoms with E-state index in [0.29, 0.717) is 17.5 Å². The molecule has 10 aromatic carbocycles. The Kier molecular flexibility index (Phi) is 9.43. The zero-order valence-electron chi connectivity index (χ0n) is 36.9. The number of nitrogens with zero attached hydrogens (tertiary/aromatic N) is 5. The zero-order chi connectivity index (χ0) is 45.0. The standard InChI is InChI=1S/C63H41N5/c1-6-18-42(19-7-1)48-30-34-52-53-35-31-49(43-20-8-2-9-21-43)41-60(53)68(59(52)40-48)58-37-33-47(46-32-36-57-54(38-46)51-28-16-17-29-56(51)67(57)50-26-14-5-15-27-50)39-55(58)63-65-61(44-22-10-3-11-23-44)64-62(66-63)45-24-12-4-13-25-45/h1-41H. The summed E-state index contributed by atoms with van der Waals surface area (Å²) in [5, 5.41) is 4.73. The van der Waals surface area contributed by atoms with Gasteiger partial charge in [0.1, 0.15) is 0 Å². The maximum Gasteiger partial charge on any atom is 0.166 e. The normalized spacial score (nSPS) is 11.5. The smallest absolute Gasteiger partial charge is 0.166 e. The van der Waals surface area contributed by atoms with Crippen molar-refractivity contribution in [2.24, 2.45) is 0 Å². The molecule has 5 nitrogen and oxygen atoms in total. The third-order valence-electron chi connectivity index (χ3n) is 13.2. The van der Waals surface area contributed by atoms with Crippen LogP contribution in [0.3, 0.4) is 0 Å². The second kappa shape index (κ2) is 16.4. The van der Waals surface area contributed by atoms with Crippen LogP contribution in [0, 0.1) is 0 Å². The van der Waals surface area contributed by atoms with Crippen molar-refractivity contribution in [1.29, 1.82) is 0 Å². The van der Waals surface area contributed by atoms with E-state index in [-0.39, 0.29) is 0 Å². The van der Waals surface area contributed by atoms with Gasteiger partial charge in [-0.15, -0.1) is 0 Å². The lowest BCUT2D eigenvalue weighted by Gasteiger charge is -2.17. The molecular weight excluding hydrogens is 827 g/mol. The van der Waals surface area contributed by atoms with Crippen molar-refractivity contribution in [2.45, 2.75) is 0 Å². The molecular formula is C63H41N5. The van der Waals surface area contributed by atoms with Gasteiger partial charge in [-0.05, 0) is 88.0 Å². The van der Waals surface area contributed by atoms with Crippen molar-refractivity contribution >= 4 is 43.6 Å². The SMILES string of the molecule is c1ccc(-c2ccc3c4ccc(-c5ccccc5)cc4n(-c4ccc(-c5ccc6c(c5)c5ccccc5n6-c5ccccc5)cc4-c4nc(-c5ccccc5)nc(-c5ccccc5)n4)c3c2)cc1. The van der Waals surface area contributed by atoms with E-state index in [1.54, 1.807) is 0 Å². The van der Waals surface area contributed by atoms with E-state index in [0.717, 1.165) is 78.0 Å². The van der Waals surface area contributed by atoms with Crippen LogP contribution < -0.4 is 0 Å². The van der Waals surface area contributed by atoms with E-state index in [1.807, 2.05) is 36.4 Å². The molecule has 0 aliphatic rings. The molecule has 0 fully saturated rings. The van der Waals surface area contributed by atoms with Gasteiger partial charge in [0.2, 0.25) is 0 Å². The van der Waals surface area contributed by atoms with Gasteiger partial charge in [0, 0.05) is 43.9 Å². The third kappa shape index (κ3) is 6.76. The molecule has 68 heavy (non-hydrogen) atoms. The molecule has 0 aliphatic heterocycles. The second-order valence-electron chi connectivity index (χ2n) is 17.2. The fraction of sp³-hybridized carbons (Fsp3) is 0. The summed E-state index contributed by atoms with van der Waals surface area (Å²) in [5.41, 5.74) is 16.1. The highest BCUT2D eigenvalue weighted by Gasteiger charge is 2.22. The highest BCUT2D eigenvalue weighted by atomic mass is 15.1. The first-order valence-corrected chi connectivity index (χ1v) is 23.0. The molecule has 13 aromatic rings. The Morgan fingerprint density at radius 3 is 1.22 bits per heavy atom. The zero-order valence-corrected chi connectivity index (χ0v) is 36.9. The van der Waals surface area contributed by atoms with Gasteiger partial charge >= 0.3 is 0 Å². The van der Waals surface area contributed by atoms with Crippen LogP contribution in [0.2, 0.25) is 0 Å². The Bertz CT molecular complexity index is 3840. The van der Waals surface area contributed by atoms with E-state index in [2.05, 4.69) is 221 Å². The van der Waals surface area contributed by atoms with Crippen molar-refractivity contribution in [3.63, 3.8) is 0 Å². The van der Waals surface area contributed by atoms with Crippen LogP contribution in [-0.4, -0.2) is 24.1 Å². The molecule has 0 amide bonds. The summed E-state index contributed by atoms with van der Waals surface area (Å²) in [4.78, 5) is 15.9. The predicted molar refractivity (Wildman–Crippen MR) is 281 cm³/mol. The number of hydrogen-bond donors (Lipinski definition) is 0. The summed E-state index contributed by atoms with van der Waals surface area (Å²) in [5.74, 6) is 1.81. The molecule has 13 rings (SSSR count). The van der Waals surface area contributed by atoms with Gasteiger partial charge in [-0.25, -0.2) is 15.0 Å². The monoisotopic (exact) mass is 867 g/mol. The maximum atomic E-state index is 5.38. The Morgan fingerprint density at radius 2 is 0.647 bits per heavy atom. The van der Waals surface area contributed by atoms with Crippen molar-refractivity contribution in [3.05, 3.63) is 249 Å². The molecule has 3 aromatic heterocycles. The summed E-state index contributed by atoms with van der Waals surface area (Å²) < 4.78 is 4.78. The van der Waals surface area contributed by atoms with Crippen molar-refractivity contribution in [1.82, 2.24) is 24.1 Å². The van der Waals surface area contributed by atoms with Gasteiger partial charge in [-0.3, -0.25) is 0 Å². The molecule has 0 spiro atoms. The summed E-state index contributed by atoms with van der Waals surface area (Å²) in [7, 11) is 0. The van der Waals surface area contributed by atoms with E-state index in [4.69, 9.17) is 15.0 Å². The Labute approximate surface area is 393 Å². The summed E-state index contributed by atoms with van der Waals surface area (Å²) in [6, 6.07) is 88.3. The minimum absolute atomic E-state index is 0.588. The van der Waals surface area contributed by atoms with Crippen LogP contribution in [0.4, 0.5) is 0 Å². The Hall–Kier alpha value is -9.19. The Balaban J connectivity index is 1.11. The minimum Gasteiger partial charge on any atom is -0.309 e. The highest BCUT2D eigenvalue weighted by Crippen LogP contribution is 2.42. The van der Waals surface area contributed by atoms with Gasteiger partial charge in [0.05, 0.1) is 27.8 Å². The number of para-hydroxylation sites is 2.